The molecule has 0 saturated carbocycles. The van der Waals surface area contributed by atoms with Crippen LogP contribution in [0.15, 0.2) is 18.3 Å². The molecule has 4 heteroatoms. The number of amides is 1. The summed E-state index contributed by atoms with van der Waals surface area (Å²) in [5.74, 6) is -0.0528. The Morgan fingerprint density at radius 3 is 3.00 bits per heavy atom. The molecule has 4 nitrogen and oxygen atoms in total. The molecule has 0 aliphatic rings. The van der Waals surface area contributed by atoms with E-state index in [0.29, 0.717) is 11.3 Å². The van der Waals surface area contributed by atoms with Crippen LogP contribution in [0.4, 0.5) is 0 Å². The number of H-pyrrole nitrogens is 1. The molecule has 0 aromatic carbocycles. The number of pyridine rings is 1. The second-order valence-electron chi connectivity index (χ2n) is 3.26. The van der Waals surface area contributed by atoms with Gasteiger partial charge in [-0.2, -0.15) is 0 Å². The Balaban J connectivity index is 2.50. The lowest BCUT2D eigenvalue weighted by atomic mass is 10.3. The fourth-order valence-corrected chi connectivity index (χ4v) is 1.26. The maximum absolute atomic E-state index is 11.6. The first-order valence-electron chi connectivity index (χ1n) is 4.25. The van der Waals surface area contributed by atoms with Gasteiger partial charge in [-0.25, -0.2) is 4.98 Å². The zero-order valence-corrected chi connectivity index (χ0v) is 8.03. The lowest BCUT2D eigenvalue weighted by molar-refractivity contribution is 0.0823. The maximum Gasteiger partial charge on any atom is 0.269 e. The molecule has 2 heterocycles. The van der Waals surface area contributed by atoms with Gasteiger partial charge in [-0.1, -0.05) is 0 Å². The molecule has 71 valence electrons. The van der Waals surface area contributed by atoms with Gasteiger partial charge in [0.2, 0.25) is 0 Å². The monoisotopic (exact) mass is 188 g/mol. The Hall–Kier alpha value is -1.84. The molecule has 0 aliphatic heterocycles. The van der Waals surface area contributed by atoms with Crippen molar-refractivity contribution in [1.29, 1.82) is 0 Å². The summed E-state index contributed by atoms with van der Waals surface area (Å²) in [6, 6.07) is 6.44. The molecule has 0 spiro atoms. The largest absolute Gasteiger partial charge is 0.344 e. The van der Waals surface area contributed by atoms with Crippen molar-refractivity contribution in [3.05, 3.63) is 30.1 Å². The molecule has 2 aromatic heterocycles. The molecule has 1 N–H and O–H groups in total. The molecule has 0 aliphatic carbocycles. The Kier molecular flexibility index (Phi) is 1.96. The van der Waals surface area contributed by atoms with Crippen molar-refractivity contribution in [2.75, 3.05) is 14.1 Å². The fourth-order valence-electron chi connectivity index (χ4n) is 1.26. The van der Waals surface area contributed by atoms with E-state index in [4.69, 9.17) is 0 Å². The molecule has 14 heavy (non-hydrogen) atoms. The van der Waals surface area contributed by atoms with Crippen molar-refractivity contribution in [2.45, 2.75) is 0 Å². The van der Waals surface area contributed by atoms with Crippen LogP contribution in [0.2, 0.25) is 0 Å². The van der Waals surface area contributed by atoms with E-state index in [2.05, 4.69) is 16.0 Å². The number of aromatic nitrogens is 2. The predicted molar refractivity (Wildman–Crippen MR) is 52.9 cm³/mol. The highest BCUT2D eigenvalue weighted by atomic mass is 16.2. The van der Waals surface area contributed by atoms with Crippen LogP contribution in [-0.2, 0) is 0 Å². The second-order valence-corrected chi connectivity index (χ2v) is 3.26. The average molecular weight is 188 g/mol. The lowest BCUT2D eigenvalue weighted by Crippen LogP contribution is -2.21. The number of nitrogens with zero attached hydrogens (tertiary/aromatic N) is 2. The number of nitrogens with one attached hydrogen (secondary N) is 1. The van der Waals surface area contributed by atoms with E-state index in [0.717, 1.165) is 5.39 Å². The van der Waals surface area contributed by atoms with Crippen molar-refractivity contribution < 1.29 is 4.79 Å². The highest BCUT2D eigenvalue weighted by Gasteiger charge is 2.10. The number of fused-ring (bicyclic) bond motifs is 1. The van der Waals surface area contributed by atoms with Gasteiger partial charge in [-0.15, -0.1) is 0 Å². The zero-order valence-electron chi connectivity index (χ0n) is 8.03. The van der Waals surface area contributed by atoms with Crippen molar-refractivity contribution in [1.82, 2.24) is 14.9 Å². The Bertz CT molecular complexity index is 440. The lowest BCUT2D eigenvalue weighted by Gasteiger charge is -2.07. The predicted octanol–water partition coefficient (Wildman–Crippen LogP) is 1.06. The van der Waals surface area contributed by atoms with E-state index in [1.807, 2.05) is 0 Å². The molecule has 2 rings (SSSR count). The maximum atomic E-state index is 11.6. The number of carbonyl (C=O) groups is 1. The number of hydrogen-bond acceptors (Lipinski definition) is 2. The minimum Gasteiger partial charge on any atom is -0.344 e. The van der Waals surface area contributed by atoms with E-state index >= 15 is 0 Å². The van der Waals surface area contributed by atoms with Crippen LogP contribution in [0.1, 0.15) is 10.5 Å². The van der Waals surface area contributed by atoms with Crippen LogP contribution in [0.5, 0.6) is 0 Å². The summed E-state index contributed by atoms with van der Waals surface area (Å²) in [7, 11) is 3.43. The quantitative estimate of drug-likeness (QED) is 0.727. The van der Waals surface area contributed by atoms with Crippen LogP contribution < -0.4 is 0 Å². The molecule has 2 aromatic rings. The highest BCUT2D eigenvalue weighted by Crippen LogP contribution is 2.12. The first kappa shape index (κ1) is 8.74. The second kappa shape index (κ2) is 3.14. The summed E-state index contributed by atoms with van der Waals surface area (Å²) in [5, 5.41) is 0.901. The van der Waals surface area contributed by atoms with Gasteiger partial charge in [-0.05, 0) is 12.1 Å². The summed E-state index contributed by atoms with van der Waals surface area (Å²) >= 11 is 0. The van der Waals surface area contributed by atoms with Gasteiger partial charge in [0.25, 0.3) is 5.91 Å². The van der Waals surface area contributed by atoms with Crippen LogP contribution in [0.3, 0.4) is 0 Å². The molecule has 0 saturated heterocycles. The normalized spacial score (nSPS) is 10.4. The number of carbonyl (C=O) groups excluding carboxylic acids is 1. The first-order chi connectivity index (χ1) is 6.68. The van der Waals surface area contributed by atoms with Gasteiger partial charge in [-0.3, -0.25) is 4.79 Å². The van der Waals surface area contributed by atoms with Gasteiger partial charge in [0.15, 0.2) is 0 Å². The van der Waals surface area contributed by atoms with E-state index < -0.39 is 0 Å². The standard InChI is InChI=1S/C10H10N3O/c1-13(2)10(14)8-6-7-4-3-5-11-9(7)12-8/h4-6H,1-2H3,(H,11,12). The van der Waals surface area contributed by atoms with Crippen molar-refractivity contribution in [3.8, 4) is 0 Å². The van der Waals surface area contributed by atoms with E-state index in [1.54, 1.807) is 32.4 Å². The SMILES string of the molecule is CN(C)C(=O)c1cc2c[c]cnc2[nH]1. The first-order valence-corrected chi connectivity index (χ1v) is 4.25. The van der Waals surface area contributed by atoms with Crippen LogP contribution in [-0.4, -0.2) is 34.9 Å². The summed E-state index contributed by atoms with van der Waals surface area (Å²) in [5.41, 5.74) is 1.27. The minimum atomic E-state index is -0.0528. The number of aromatic amines is 1. The van der Waals surface area contributed by atoms with Gasteiger partial charge in [0, 0.05) is 31.7 Å². The fraction of sp³-hybridized carbons (Fsp3) is 0.200. The molecule has 1 radical (unpaired) electrons. The van der Waals surface area contributed by atoms with Crippen molar-refractivity contribution >= 4 is 16.9 Å². The number of hydrogen-bond donors (Lipinski definition) is 1. The van der Waals surface area contributed by atoms with E-state index in [1.165, 1.54) is 4.90 Å². The Morgan fingerprint density at radius 1 is 1.57 bits per heavy atom. The highest BCUT2D eigenvalue weighted by molar-refractivity contribution is 5.96. The molecular formula is C10H10N3O. The number of rotatable bonds is 1. The van der Waals surface area contributed by atoms with E-state index in [9.17, 15) is 4.79 Å². The van der Waals surface area contributed by atoms with Crippen LogP contribution in [0, 0.1) is 6.07 Å². The summed E-state index contributed by atoms with van der Waals surface area (Å²) in [6.07, 6.45) is 1.57. The topological polar surface area (TPSA) is 49.0 Å². The zero-order chi connectivity index (χ0) is 10.1. The van der Waals surface area contributed by atoms with Crippen LogP contribution >= 0.6 is 0 Å². The molecule has 0 unspecified atom stereocenters. The van der Waals surface area contributed by atoms with Crippen molar-refractivity contribution in [2.24, 2.45) is 0 Å². The molecule has 1 amide bonds. The Morgan fingerprint density at radius 2 is 2.36 bits per heavy atom. The smallest absolute Gasteiger partial charge is 0.269 e. The third-order valence-corrected chi connectivity index (χ3v) is 1.97. The Labute approximate surface area is 81.6 Å². The average Bonchev–Trinajstić information content (AvgIpc) is 2.59. The third-order valence-electron chi connectivity index (χ3n) is 1.97. The molecule has 0 bridgehead atoms. The van der Waals surface area contributed by atoms with Gasteiger partial charge in [0.1, 0.15) is 11.3 Å². The summed E-state index contributed by atoms with van der Waals surface area (Å²) in [6.45, 7) is 0. The minimum absolute atomic E-state index is 0.0528. The van der Waals surface area contributed by atoms with Gasteiger partial charge >= 0.3 is 0 Å². The van der Waals surface area contributed by atoms with Gasteiger partial charge in [0.05, 0.1) is 0 Å². The van der Waals surface area contributed by atoms with Crippen molar-refractivity contribution in [3.63, 3.8) is 0 Å². The van der Waals surface area contributed by atoms with E-state index in [-0.39, 0.29) is 5.91 Å². The van der Waals surface area contributed by atoms with Gasteiger partial charge < -0.3 is 9.88 Å². The molecule has 0 fully saturated rings. The van der Waals surface area contributed by atoms with Crippen LogP contribution in [0.25, 0.3) is 11.0 Å². The summed E-state index contributed by atoms with van der Waals surface area (Å²) in [4.78, 5) is 20.1. The summed E-state index contributed by atoms with van der Waals surface area (Å²) < 4.78 is 0. The molecule has 0 atom stereocenters. The third kappa shape index (κ3) is 1.35. The molecular weight excluding hydrogens is 178 g/mol.